The van der Waals surface area contributed by atoms with Crippen molar-refractivity contribution in [3.8, 4) is 0 Å². The minimum absolute atomic E-state index is 0.152. The van der Waals surface area contributed by atoms with E-state index < -0.39 is 5.60 Å². The van der Waals surface area contributed by atoms with Crippen molar-refractivity contribution in [2.24, 2.45) is 0 Å². The molecule has 2 N–H and O–H groups in total. The van der Waals surface area contributed by atoms with E-state index in [9.17, 15) is 5.11 Å². The SMILES string of the molecule is CNC[C@@](C)(O)[C@H](c1ccccc1)n1ccc2ccccc21. The van der Waals surface area contributed by atoms with E-state index in [2.05, 4.69) is 46.4 Å². The molecule has 0 saturated carbocycles. The van der Waals surface area contributed by atoms with Gasteiger partial charge in [0.1, 0.15) is 0 Å². The number of para-hydroxylation sites is 1. The summed E-state index contributed by atoms with van der Waals surface area (Å²) in [5.41, 5.74) is 1.33. The number of hydrogen-bond acceptors (Lipinski definition) is 2. The zero-order chi connectivity index (χ0) is 15.6. The van der Waals surface area contributed by atoms with Crippen molar-refractivity contribution in [1.82, 2.24) is 9.88 Å². The molecule has 3 nitrogen and oxygen atoms in total. The summed E-state index contributed by atoms with van der Waals surface area (Å²) in [7, 11) is 1.87. The van der Waals surface area contributed by atoms with Crippen LogP contribution < -0.4 is 5.32 Å². The summed E-state index contributed by atoms with van der Waals surface area (Å²) in [4.78, 5) is 0. The Labute approximate surface area is 131 Å². The quantitative estimate of drug-likeness (QED) is 0.758. The molecule has 2 atom stereocenters. The molecule has 0 aliphatic carbocycles. The van der Waals surface area contributed by atoms with Crippen LogP contribution in [0.25, 0.3) is 10.9 Å². The monoisotopic (exact) mass is 294 g/mol. The molecule has 22 heavy (non-hydrogen) atoms. The minimum Gasteiger partial charge on any atom is -0.386 e. The molecule has 0 unspecified atom stereocenters. The average Bonchev–Trinajstić information content (AvgIpc) is 2.92. The first-order valence-electron chi connectivity index (χ1n) is 7.61. The number of nitrogens with one attached hydrogen (secondary N) is 1. The first-order chi connectivity index (χ1) is 10.6. The van der Waals surface area contributed by atoms with E-state index in [0.717, 1.165) is 11.1 Å². The Balaban J connectivity index is 2.17. The van der Waals surface area contributed by atoms with Crippen LogP contribution in [-0.4, -0.2) is 28.9 Å². The van der Waals surface area contributed by atoms with Crippen LogP contribution >= 0.6 is 0 Å². The Morgan fingerprint density at radius 1 is 1.05 bits per heavy atom. The maximum absolute atomic E-state index is 11.1. The van der Waals surface area contributed by atoms with Crippen LogP contribution in [-0.2, 0) is 0 Å². The molecule has 0 spiro atoms. The lowest BCUT2D eigenvalue weighted by atomic mass is 9.89. The molecular formula is C19H22N2O. The highest BCUT2D eigenvalue weighted by Crippen LogP contribution is 2.33. The van der Waals surface area contributed by atoms with Crippen LogP contribution in [0.4, 0.5) is 0 Å². The number of nitrogens with zero attached hydrogens (tertiary/aromatic N) is 1. The van der Waals surface area contributed by atoms with Gasteiger partial charge in [0.25, 0.3) is 0 Å². The molecule has 0 saturated heterocycles. The van der Waals surface area contributed by atoms with Crippen molar-refractivity contribution >= 4 is 10.9 Å². The normalized spacial score (nSPS) is 15.6. The molecule has 0 aliphatic rings. The van der Waals surface area contributed by atoms with E-state index in [0.29, 0.717) is 6.54 Å². The highest BCUT2D eigenvalue weighted by atomic mass is 16.3. The first-order valence-corrected chi connectivity index (χ1v) is 7.61. The first kappa shape index (κ1) is 14.8. The molecule has 0 radical (unpaired) electrons. The number of likely N-dealkylation sites (N-methyl/N-ethyl adjacent to an activating group) is 1. The molecule has 2 aromatic carbocycles. The fourth-order valence-electron chi connectivity index (χ4n) is 3.24. The summed E-state index contributed by atoms with van der Waals surface area (Å²) < 4.78 is 2.17. The van der Waals surface area contributed by atoms with Crippen molar-refractivity contribution in [3.05, 3.63) is 72.4 Å². The van der Waals surface area contributed by atoms with Gasteiger partial charge in [0.05, 0.1) is 11.6 Å². The third-order valence-electron chi connectivity index (χ3n) is 4.15. The largest absolute Gasteiger partial charge is 0.386 e. The predicted molar refractivity (Wildman–Crippen MR) is 91.1 cm³/mol. The second-order valence-electron chi connectivity index (χ2n) is 5.98. The van der Waals surface area contributed by atoms with Crippen molar-refractivity contribution in [3.63, 3.8) is 0 Å². The fourth-order valence-corrected chi connectivity index (χ4v) is 3.24. The molecule has 1 heterocycles. The predicted octanol–water partition coefficient (Wildman–Crippen LogP) is 3.20. The number of rotatable bonds is 5. The topological polar surface area (TPSA) is 37.2 Å². The summed E-state index contributed by atoms with van der Waals surface area (Å²) in [5, 5.41) is 15.4. The maximum Gasteiger partial charge on any atom is 0.0990 e. The smallest absolute Gasteiger partial charge is 0.0990 e. The Morgan fingerprint density at radius 3 is 2.45 bits per heavy atom. The second kappa shape index (κ2) is 5.95. The van der Waals surface area contributed by atoms with Gasteiger partial charge in [-0.3, -0.25) is 0 Å². The molecule has 3 rings (SSSR count). The molecule has 3 aromatic rings. The van der Waals surface area contributed by atoms with Gasteiger partial charge >= 0.3 is 0 Å². The molecule has 114 valence electrons. The lowest BCUT2D eigenvalue weighted by Crippen LogP contribution is -2.44. The van der Waals surface area contributed by atoms with Gasteiger partial charge in [0.15, 0.2) is 0 Å². The van der Waals surface area contributed by atoms with Crippen LogP contribution in [0.3, 0.4) is 0 Å². The lowest BCUT2D eigenvalue weighted by Gasteiger charge is -2.35. The summed E-state index contributed by atoms with van der Waals surface area (Å²) >= 11 is 0. The molecular weight excluding hydrogens is 272 g/mol. The van der Waals surface area contributed by atoms with E-state index >= 15 is 0 Å². The highest BCUT2D eigenvalue weighted by Gasteiger charge is 2.34. The van der Waals surface area contributed by atoms with E-state index in [1.54, 1.807) is 0 Å². The minimum atomic E-state index is -0.905. The van der Waals surface area contributed by atoms with Gasteiger partial charge in [-0.15, -0.1) is 0 Å². The number of aliphatic hydroxyl groups is 1. The molecule has 3 heteroatoms. The van der Waals surface area contributed by atoms with Gasteiger partial charge < -0.3 is 15.0 Å². The third kappa shape index (κ3) is 2.65. The lowest BCUT2D eigenvalue weighted by molar-refractivity contribution is 0.0238. The Kier molecular flexibility index (Phi) is 4.01. The Morgan fingerprint density at radius 2 is 1.73 bits per heavy atom. The van der Waals surface area contributed by atoms with Crippen molar-refractivity contribution < 1.29 is 5.11 Å². The highest BCUT2D eigenvalue weighted by molar-refractivity contribution is 5.80. The van der Waals surface area contributed by atoms with Crippen LogP contribution in [0.2, 0.25) is 0 Å². The number of aromatic nitrogens is 1. The zero-order valence-electron chi connectivity index (χ0n) is 13.0. The Hall–Kier alpha value is -2.10. The molecule has 0 aliphatic heterocycles. The number of benzene rings is 2. The third-order valence-corrected chi connectivity index (χ3v) is 4.15. The number of fused-ring (bicyclic) bond motifs is 1. The number of hydrogen-bond donors (Lipinski definition) is 2. The van der Waals surface area contributed by atoms with Crippen LogP contribution in [0.15, 0.2) is 66.9 Å². The maximum atomic E-state index is 11.1. The van der Waals surface area contributed by atoms with Gasteiger partial charge in [-0.05, 0) is 37.1 Å². The summed E-state index contributed by atoms with van der Waals surface area (Å²) in [5.74, 6) is 0. The summed E-state index contributed by atoms with van der Waals surface area (Å²) in [6.07, 6.45) is 2.06. The molecule has 0 amide bonds. The Bertz CT molecular complexity index is 746. The summed E-state index contributed by atoms with van der Waals surface area (Å²) in [6, 6.07) is 20.4. The van der Waals surface area contributed by atoms with Crippen LogP contribution in [0, 0.1) is 0 Å². The standard InChI is InChI=1S/C19H22N2O/c1-19(22,14-20-2)18(16-9-4-3-5-10-16)21-13-12-15-8-6-7-11-17(15)21/h3-13,18,20,22H,14H2,1-2H3/t18-,19+/m0/s1. The van der Waals surface area contributed by atoms with Crippen LogP contribution in [0.1, 0.15) is 18.5 Å². The van der Waals surface area contributed by atoms with Gasteiger partial charge in [0, 0.05) is 18.3 Å². The van der Waals surface area contributed by atoms with Gasteiger partial charge in [-0.2, -0.15) is 0 Å². The van der Waals surface area contributed by atoms with E-state index in [1.807, 2.05) is 44.3 Å². The average molecular weight is 294 g/mol. The molecule has 0 fully saturated rings. The molecule has 1 aromatic heterocycles. The van der Waals surface area contributed by atoms with E-state index in [-0.39, 0.29) is 6.04 Å². The van der Waals surface area contributed by atoms with Crippen molar-refractivity contribution in [1.29, 1.82) is 0 Å². The van der Waals surface area contributed by atoms with Crippen molar-refractivity contribution in [2.75, 3.05) is 13.6 Å². The van der Waals surface area contributed by atoms with Gasteiger partial charge in [0.2, 0.25) is 0 Å². The van der Waals surface area contributed by atoms with E-state index in [4.69, 9.17) is 0 Å². The zero-order valence-corrected chi connectivity index (χ0v) is 13.0. The summed E-state index contributed by atoms with van der Waals surface area (Å²) in [6.45, 7) is 2.40. The van der Waals surface area contributed by atoms with Crippen molar-refractivity contribution in [2.45, 2.75) is 18.6 Å². The van der Waals surface area contributed by atoms with E-state index in [1.165, 1.54) is 5.39 Å². The van der Waals surface area contributed by atoms with Gasteiger partial charge in [-0.25, -0.2) is 0 Å². The second-order valence-corrected chi connectivity index (χ2v) is 5.98. The van der Waals surface area contributed by atoms with Crippen LogP contribution in [0.5, 0.6) is 0 Å². The molecule has 0 bridgehead atoms. The van der Waals surface area contributed by atoms with Gasteiger partial charge in [-0.1, -0.05) is 48.5 Å². The fraction of sp³-hybridized carbons (Fsp3) is 0.263.